The number of hydrogen-bond acceptors (Lipinski definition) is 5. The van der Waals surface area contributed by atoms with E-state index in [2.05, 4.69) is 40.7 Å². The fraction of sp³-hybridized carbons (Fsp3) is 0.524. The lowest BCUT2D eigenvalue weighted by molar-refractivity contribution is 0.140. The molecule has 1 fully saturated rings. The third-order valence-electron chi connectivity index (χ3n) is 4.64. The van der Waals surface area contributed by atoms with Crippen LogP contribution in [-0.2, 0) is 17.8 Å². The summed E-state index contributed by atoms with van der Waals surface area (Å²) < 4.78 is 17.2. The molecular weight excluding hydrogens is 483 g/mol. The molecular formula is C21H31IN4O3. The van der Waals surface area contributed by atoms with E-state index in [1.807, 2.05) is 20.8 Å². The second kappa shape index (κ2) is 11.4. The van der Waals surface area contributed by atoms with Crippen LogP contribution in [0.15, 0.2) is 27.6 Å². The van der Waals surface area contributed by atoms with Crippen molar-refractivity contribution in [3.63, 3.8) is 0 Å². The van der Waals surface area contributed by atoms with Crippen molar-refractivity contribution in [2.24, 2.45) is 4.99 Å². The molecule has 29 heavy (non-hydrogen) atoms. The molecule has 0 saturated carbocycles. The van der Waals surface area contributed by atoms with Crippen LogP contribution in [0.3, 0.4) is 0 Å². The van der Waals surface area contributed by atoms with E-state index < -0.39 is 0 Å². The van der Waals surface area contributed by atoms with Gasteiger partial charge in [0.1, 0.15) is 17.6 Å². The zero-order chi connectivity index (χ0) is 19.9. The SMILES string of the molecule is CCNC(=NCc1ccc(C)cc1OC1CCOC1)NCc1nc(C)c(C)o1.I. The molecule has 1 aromatic carbocycles. The zero-order valence-corrected chi connectivity index (χ0v) is 19.9. The van der Waals surface area contributed by atoms with Crippen LogP contribution in [-0.4, -0.2) is 36.8 Å². The van der Waals surface area contributed by atoms with Gasteiger partial charge in [-0.05, 0) is 39.3 Å². The first kappa shape index (κ1) is 23.5. The maximum atomic E-state index is 6.16. The Balaban J connectivity index is 0.00000300. The summed E-state index contributed by atoms with van der Waals surface area (Å²) >= 11 is 0. The number of aryl methyl sites for hydroxylation is 3. The van der Waals surface area contributed by atoms with E-state index in [9.17, 15) is 0 Å². The molecule has 0 aliphatic carbocycles. The molecule has 1 saturated heterocycles. The summed E-state index contributed by atoms with van der Waals surface area (Å²) in [6.07, 6.45) is 1.04. The van der Waals surface area contributed by atoms with E-state index in [1.54, 1.807) is 0 Å². The second-order valence-electron chi connectivity index (χ2n) is 7.01. The van der Waals surface area contributed by atoms with Crippen LogP contribution in [0.1, 0.15) is 41.8 Å². The van der Waals surface area contributed by atoms with E-state index in [1.165, 1.54) is 5.56 Å². The number of halogens is 1. The number of oxazole rings is 1. The number of aliphatic imine (C=N–C) groups is 1. The molecule has 0 bridgehead atoms. The van der Waals surface area contributed by atoms with E-state index in [0.29, 0.717) is 31.5 Å². The molecule has 8 heteroatoms. The van der Waals surface area contributed by atoms with Crippen LogP contribution in [0, 0.1) is 20.8 Å². The van der Waals surface area contributed by atoms with Gasteiger partial charge in [0.2, 0.25) is 5.89 Å². The Bertz CT molecular complexity index is 797. The normalized spacial score (nSPS) is 16.4. The predicted octanol–water partition coefficient (Wildman–Crippen LogP) is 3.64. The van der Waals surface area contributed by atoms with Crippen LogP contribution in [0.4, 0.5) is 0 Å². The molecule has 2 heterocycles. The smallest absolute Gasteiger partial charge is 0.214 e. The van der Waals surface area contributed by atoms with Gasteiger partial charge in [0, 0.05) is 18.5 Å². The van der Waals surface area contributed by atoms with E-state index in [-0.39, 0.29) is 30.1 Å². The van der Waals surface area contributed by atoms with Crippen molar-refractivity contribution >= 4 is 29.9 Å². The number of aromatic nitrogens is 1. The molecule has 0 radical (unpaired) electrons. The number of ether oxygens (including phenoxy) is 2. The van der Waals surface area contributed by atoms with Crippen molar-refractivity contribution in [1.29, 1.82) is 0 Å². The Morgan fingerprint density at radius 2 is 2.10 bits per heavy atom. The maximum Gasteiger partial charge on any atom is 0.214 e. The van der Waals surface area contributed by atoms with Gasteiger partial charge in [0.15, 0.2) is 5.96 Å². The van der Waals surface area contributed by atoms with E-state index in [0.717, 1.165) is 42.3 Å². The molecule has 0 amide bonds. The van der Waals surface area contributed by atoms with Gasteiger partial charge < -0.3 is 24.5 Å². The van der Waals surface area contributed by atoms with Crippen LogP contribution in [0.2, 0.25) is 0 Å². The molecule has 1 aromatic heterocycles. The Morgan fingerprint density at radius 3 is 2.76 bits per heavy atom. The lowest BCUT2D eigenvalue weighted by atomic mass is 10.1. The number of nitrogens with zero attached hydrogens (tertiary/aromatic N) is 2. The lowest BCUT2D eigenvalue weighted by Crippen LogP contribution is -2.36. The fourth-order valence-corrected chi connectivity index (χ4v) is 2.97. The summed E-state index contributed by atoms with van der Waals surface area (Å²) in [6, 6.07) is 6.23. The van der Waals surface area contributed by atoms with Crippen LogP contribution in [0.5, 0.6) is 5.75 Å². The summed E-state index contributed by atoms with van der Waals surface area (Å²) in [5.41, 5.74) is 3.13. The highest BCUT2D eigenvalue weighted by atomic mass is 127. The summed E-state index contributed by atoms with van der Waals surface area (Å²) in [4.78, 5) is 9.10. The quantitative estimate of drug-likeness (QED) is 0.334. The van der Waals surface area contributed by atoms with Gasteiger partial charge in [-0.2, -0.15) is 0 Å². The molecule has 2 N–H and O–H groups in total. The van der Waals surface area contributed by atoms with Crippen LogP contribution < -0.4 is 15.4 Å². The standard InChI is InChI=1S/C21H30N4O3.HI/c1-5-22-21(24-12-20-25-15(3)16(4)27-20)23-11-17-7-6-14(2)10-19(17)28-18-8-9-26-13-18;/h6-7,10,18H,5,8-9,11-13H2,1-4H3,(H2,22,23,24);1H. The first-order chi connectivity index (χ1) is 13.5. The lowest BCUT2D eigenvalue weighted by Gasteiger charge is -2.16. The second-order valence-corrected chi connectivity index (χ2v) is 7.01. The molecule has 3 rings (SSSR count). The van der Waals surface area contributed by atoms with Gasteiger partial charge in [-0.1, -0.05) is 12.1 Å². The van der Waals surface area contributed by atoms with Crippen molar-refractivity contribution in [1.82, 2.24) is 15.6 Å². The number of guanidine groups is 1. The number of hydrogen-bond donors (Lipinski definition) is 2. The molecule has 2 aromatic rings. The highest BCUT2D eigenvalue weighted by Crippen LogP contribution is 2.24. The summed E-state index contributed by atoms with van der Waals surface area (Å²) in [6.45, 7) is 11.1. The Labute approximate surface area is 189 Å². The van der Waals surface area contributed by atoms with Gasteiger partial charge in [0.25, 0.3) is 0 Å². The van der Waals surface area contributed by atoms with Crippen molar-refractivity contribution in [3.05, 3.63) is 46.7 Å². The monoisotopic (exact) mass is 514 g/mol. The average Bonchev–Trinajstić information content (AvgIpc) is 3.28. The average molecular weight is 514 g/mol. The van der Waals surface area contributed by atoms with Crippen molar-refractivity contribution < 1.29 is 13.9 Å². The highest BCUT2D eigenvalue weighted by molar-refractivity contribution is 14.0. The third-order valence-corrected chi connectivity index (χ3v) is 4.64. The van der Waals surface area contributed by atoms with E-state index in [4.69, 9.17) is 18.9 Å². The largest absolute Gasteiger partial charge is 0.488 e. The third kappa shape index (κ3) is 6.88. The summed E-state index contributed by atoms with van der Waals surface area (Å²) in [7, 11) is 0. The minimum Gasteiger partial charge on any atom is -0.488 e. The van der Waals surface area contributed by atoms with Crippen LogP contribution >= 0.6 is 24.0 Å². The minimum absolute atomic E-state index is 0. The predicted molar refractivity (Wildman–Crippen MR) is 124 cm³/mol. The highest BCUT2D eigenvalue weighted by Gasteiger charge is 2.18. The molecule has 1 unspecified atom stereocenters. The molecule has 1 aliphatic rings. The minimum atomic E-state index is 0. The first-order valence-electron chi connectivity index (χ1n) is 9.84. The van der Waals surface area contributed by atoms with Gasteiger partial charge in [-0.3, -0.25) is 0 Å². The number of nitrogens with one attached hydrogen (secondary N) is 2. The Hall–Kier alpha value is -1.81. The van der Waals surface area contributed by atoms with Gasteiger partial charge in [-0.15, -0.1) is 24.0 Å². The molecule has 160 valence electrons. The van der Waals surface area contributed by atoms with Gasteiger partial charge >= 0.3 is 0 Å². The molecule has 0 spiro atoms. The van der Waals surface area contributed by atoms with Gasteiger partial charge in [-0.25, -0.2) is 9.98 Å². The maximum absolute atomic E-state index is 6.16. The Kier molecular flexibility index (Phi) is 9.22. The number of benzene rings is 1. The van der Waals surface area contributed by atoms with Gasteiger partial charge in [0.05, 0.1) is 32.0 Å². The molecule has 1 aliphatic heterocycles. The topological polar surface area (TPSA) is 80.9 Å². The summed E-state index contributed by atoms with van der Waals surface area (Å²) in [5.74, 6) is 3.10. The van der Waals surface area contributed by atoms with Crippen molar-refractivity contribution in [2.75, 3.05) is 19.8 Å². The number of rotatable bonds is 7. The first-order valence-corrected chi connectivity index (χ1v) is 9.84. The zero-order valence-electron chi connectivity index (χ0n) is 17.6. The van der Waals surface area contributed by atoms with Crippen molar-refractivity contribution in [3.8, 4) is 5.75 Å². The molecule has 1 atom stereocenters. The molecule has 7 nitrogen and oxygen atoms in total. The van der Waals surface area contributed by atoms with E-state index >= 15 is 0 Å². The van der Waals surface area contributed by atoms with Crippen molar-refractivity contribution in [2.45, 2.75) is 53.3 Å². The summed E-state index contributed by atoms with van der Waals surface area (Å²) in [5, 5.41) is 6.53. The Morgan fingerprint density at radius 1 is 1.28 bits per heavy atom. The van der Waals surface area contributed by atoms with Crippen LogP contribution in [0.25, 0.3) is 0 Å². The fourth-order valence-electron chi connectivity index (χ4n) is 2.97.